The molecule has 0 radical (unpaired) electrons. The number of rotatable bonds is 4. The van der Waals surface area contributed by atoms with Crippen LogP contribution in [0.25, 0.3) is 0 Å². The van der Waals surface area contributed by atoms with Crippen LogP contribution >= 0.6 is 28.1 Å². The van der Waals surface area contributed by atoms with Gasteiger partial charge in [-0.1, -0.05) is 28.1 Å². The smallest absolute Gasteiger partial charge is 0.106 e. The monoisotopic (exact) mass is 328 g/mol. The van der Waals surface area contributed by atoms with E-state index in [9.17, 15) is 0 Å². The van der Waals surface area contributed by atoms with Crippen LogP contribution in [0.4, 0.5) is 5.69 Å². The highest BCUT2D eigenvalue weighted by Gasteiger charge is 2.14. The lowest BCUT2D eigenvalue weighted by Gasteiger charge is -2.23. The van der Waals surface area contributed by atoms with Crippen molar-refractivity contribution in [3.8, 4) is 0 Å². The number of hydrogen-bond acceptors (Lipinski definition) is 3. The average molecular weight is 329 g/mol. The lowest BCUT2D eigenvalue weighted by atomic mass is 10.00. The maximum absolute atomic E-state index is 5.73. The molecule has 1 saturated heterocycles. The Morgan fingerprint density at radius 3 is 2.83 bits per heavy atom. The van der Waals surface area contributed by atoms with Crippen LogP contribution in [-0.2, 0) is 4.74 Å². The molecule has 0 amide bonds. The fraction of sp³-hybridized carbons (Fsp3) is 0.462. The highest BCUT2D eigenvalue weighted by atomic mass is 79.9. The fourth-order valence-electron chi connectivity index (χ4n) is 2.08. The molecule has 0 bridgehead atoms. The molecule has 1 aromatic carbocycles. The van der Waals surface area contributed by atoms with Crippen molar-refractivity contribution in [2.24, 2.45) is 11.7 Å². The molecule has 3 nitrogen and oxygen atoms in total. The summed E-state index contributed by atoms with van der Waals surface area (Å²) >= 11 is 8.53. The van der Waals surface area contributed by atoms with Gasteiger partial charge in [0.2, 0.25) is 0 Å². The minimum absolute atomic E-state index is 0.428. The topological polar surface area (TPSA) is 47.3 Å². The van der Waals surface area contributed by atoms with Crippen LogP contribution in [-0.4, -0.2) is 24.7 Å². The summed E-state index contributed by atoms with van der Waals surface area (Å²) in [6.07, 6.45) is 2.23. The summed E-state index contributed by atoms with van der Waals surface area (Å²) in [6, 6.07) is 5.92. The number of halogens is 1. The normalized spacial score (nSPS) is 16.5. The van der Waals surface area contributed by atoms with E-state index in [2.05, 4.69) is 21.2 Å². The summed E-state index contributed by atoms with van der Waals surface area (Å²) in [5.74, 6) is 0.664. The van der Waals surface area contributed by atoms with Gasteiger partial charge in [-0.05, 0) is 37.0 Å². The Morgan fingerprint density at radius 2 is 2.17 bits per heavy atom. The van der Waals surface area contributed by atoms with Crippen LogP contribution in [0.2, 0.25) is 0 Å². The minimum Gasteiger partial charge on any atom is -0.389 e. The van der Waals surface area contributed by atoms with Crippen molar-refractivity contribution in [2.45, 2.75) is 12.8 Å². The van der Waals surface area contributed by atoms with Gasteiger partial charge in [0.05, 0.1) is 0 Å². The summed E-state index contributed by atoms with van der Waals surface area (Å²) in [5.41, 5.74) is 7.64. The van der Waals surface area contributed by atoms with E-state index in [4.69, 9.17) is 22.7 Å². The van der Waals surface area contributed by atoms with E-state index >= 15 is 0 Å². The van der Waals surface area contributed by atoms with Crippen molar-refractivity contribution in [3.05, 3.63) is 28.2 Å². The summed E-state index contributed by atoms with van der Waals surface area (Å²) in [5, 5.41) is 3.45. The molecule has 0 spiro atoms. The maximum Gasteiger partial charge on any atom is 0.106 e. The van der Waals surface area contributed by atoms with Gasteiger partial charge in [0.1, 0.15) is 4.99 Å². The molecule has 0 aliphatic carbocycles. The van der Waals surface area contributed by atoms with Gasteiger partial charge in [0.25, 0.3) is 0 Å². The van der Waals surface area contributed by atoms with E-state index < -0.39 is 0 Å². The molecule has 0 aromatic heterocycles. The Balaban J connectivity index is 2.03. The van der Waals surface area contributed by atoms with Gasteiger partial charge < -0.3 is 15.8 Å². The molecule has 0 atom stereocenters. The van der Waals surface area contributed by atoms with Gasteiger partial charge in [-0.25, -0.2) is 0 Å². The zero-order valence-electron chi connectivity index (χ0n) is 10.1. The third-order valence-electron chi connectivity index (χ3n) is 3.17. The van der Waals surface area contributed by atoms with Crippen molar-refractivity contribution < 1.29 is 4.74 Å². The van der Waals surface area contributed by atoms with E-state index in [-0.39, 0.29) is 0 Å². The zero-order chi connectivity index (χ0) is 13.0. The molecule has 18 heavy (non-hydrogen) atoms. The van der Waals surface area contributed by atoms with E-state index in [1.54, 1.807) is 0 Å². The average Bonchev–Trinajstić information content (AvgIpc) is 2.37. The first-order valence-corrected chi connectivity index (χ1v) is 7.28. The van der Waals surface area contributed by atoms with Crippen LogP contribution in [0.1, 0.15) is 18.4 Å². The van der Waals surface area contributed by atoms with Crippen molar-refractivity contribution in [3.63, 3.8) is 0 Å². The largest absolute Gasteiger partial charge is 0.389 e. The van der Waals surface area contributed by atoms with E-state index in [1.165, 1.54) is 0 Å². The van der Waals surface area contributed by atoms with Gasteiger partial charge in [-0.15, -0.1) is 0 Å². The van der Waals surface area contributed by atoms with Crippen molar-refractivity contribution in [2.75, 3.05) is 25.1 Å². The van der Waals surface area contributed by atoms with Crippen LogP contribution in [0, 0.1) is 5.92 Å². The first-order valence-electron chi connectivity index (χ1n) is 6.08. The first kappa shape index (κ1) is 13.8. The van der Waals surface area contributed by atoms with E-state index in [1.807, 2.05) is 18.2 Å². The molecule has 1 heterocycles. The molecular formula is C13H17BrN2OS. The third-order valence-corrected chi connectivity index (χ3v) is 3.88. The lowest BCUT2D eigenvalue weighted by Crippen LogP contribution is -2.23. The number of benzene rings is 1. The molecule has 1 aliphatic rings. The molecule has 1 fully saturated rings. The van der Waals surface area contributed by atoms with Crippen LogP contribution in [0.5, 0.6) is 0 Å². The van der Waals surface area contributed by atoms with Crippen LogP contribution < -0.4 is 11.1 Å². The number of nitrogens with two attached hydrogens (primary N) is 1. The molecule has 3 N–H and O–H groups in total. The van der Waals surface area contributed by atoms with Gasteiger partial charge in [-0.3, -0.25) is 0 Å². The van der Waals surface area contributed by atoms with Crippen molar-refractivity contribution in [1.29, 1.82) is 0 Å². The van der Waals surface area contributed by atoms with Gasteiger partial charge >= 0.3 is 0 Å². The highest BCUT2D eigenvalue weighted by molar-refractivity contribution is 9.10. The third kappa shape index (κ3) is 3.67. The molecule has 5 heteroatoms. The Labute approximate surface area is 121 Å². The summed E-state index contributed by atoms with van der Waals surface area (Å²) in [7, 11) is 0. The molecule has 1 aromatic rings. The first-order chi connectivity index (χ1) is 8.66. The summed E-state index contributed by atoms with van der Waals surface area (Å²) in [4.78, 5) is 0.428. The second-order valence-corrected chi connectivity index (χ2v) is 5.85. The summed E-state index contributed by atoms with van der Waals surface area (Å²) in [6.45, 7) is 2.68. The predicted octanol–water partition coefficient (Wildman–Crippen LogP) is 2.92. The van der Waals surface area contributed by atoms with Crippen molar-refractivity contribution >= 4 is 38.8 Å². The molecule has 98 valence electrons. The zero-order valence-corrected chi connectivity index (χ0v) is 12.5. The highest BCUT2D eigenvalue weighted by Crippen LogP contribution is 2.23. The Bertz CT molecular complexity index is 433. The second kappa shape index (κ2) is 6.50. The van der Waals surface area contributed by atoms with Crippen LogP contribution in [0.3, 0.4) is 0 Å². The molecule has 0 saturated carbocycles. The lowest BCUT2D eigenvalue weighted by molar-refractivity contribution is 0.0699. The van der Waals surface area contributed by atoms with E-state index in [0.29, 0.717) is 10.9 Å². The standard InChI is InChI=1S/C13H17BrN2OS/c14-10-1-2-11(13(15)18)12(7-10)16-8-9-3-5-17-6-4-9/h1-2,7,9,16H,3-6,8H2,(H2,15,18). The maximum atomic E-state index is 5.73. The van der Waals surface area contributed by atoms with Gasteiger partial charge in [-0.2, -0.15) is 0 Å². The quantitative estimate of drug-likeness (QED) is 0.834. The minimum atomic E-state index is 0.428. The number of ether oxygens (including phenoxy) is 1. The number of nitrogens with one attached hydrogen (secondary N) is 1. The molecule has 2 rings (SSSR count). The van der Waals surface area contributed by atoms with Gasteiger partial charge in [0, 0.05) is 35.5 Å². The predicted molar refractivity (Wildman–Crippen MR) is 82.1 cm³/mol. The Morgan fingerprint density at radius 1 is 1.44 bits per heavy atom. The van der Waals surface area contributed by atoms with Crippen LogP contribution in [0.15, 0.2) is 22.7 Å². The Hall–Kier alpha value is -0.650. The molecular weight excluding hydrogens is 312 g/mol. The molecule has 1 aliphatic heterocycles. The van der Waals surface area contributed by atoms with Gasteiger partial charge in [0.15, 0.2) is 0 Å². The second-order valence-electron chi connectivity index (χ2n) is 4.49. The number of hydrogen-bond donors (Lipinski definition) is 2. The number of anilines is 1. The Kier molecular flexibility index (Phi) is 4.97. The SMILES string of the molecule is NC(=S)c1ccc(Br)cc1NCC1CCOCC1. The fourth-order valence-corrected chi connectivity index (χ4v) is 2.62. The number of thiocarbonyl (C=S) groups is 1. The molecule has 0 unspecified atom stereocenters. The van der Waals surface area contributed by atoms with Crippen molar-refractivity contribution in [1.82, 2.24) is 0 Å². The summed E-state index contributed by atoms with van der Waals surface area (Å²) < 4.78 is 6.38. The van der Waals surface area contributed by atoms with E-state index in [0.717, 1.165) is 48.3 Å².